The largest absolute Gasteiger partial charge is 0.487 e. The SMILES string of the molecule is C[C@H]1COc2c(N3CC4=C(CNCC4)C3)c(F)cc3c(=O)c(C(=O)O)cn1c23. The van der Waals surface area contributed by atoms with Gasteiger partial charge in [-0.2, -0.15) is 0 Å². The van der Waals surface area contributed by atoms with E-state index in [0.29, 0.717) is 30.0 Å². The molecule has 146 valence electrons. The first-order valence-electron chi connectivity index (χ1n) is 9.38. The maximum Gasteiger partial charge on any atom is 0.341 e. The summed E-state index contributed by atoms with van der Waals surface area (Å²) in [6.45, 7) is 5.15. The van der Waals surface area contributed by atoms with Crippen LogP contribution in [0.1, 0.15) is 29.7 Å². The standard InChI is InChI=1S/C20H20FN3O4/c1-10-9-28-19-16-13(18(25)14(20(26)27)8-24(10)16)4-15(21)17(19)23-6-11-2-3-22-5-12(11)7-23/h4,8,10,22H,2-3,5-7,9H2,1H3,(H,26,27)/t10-/m0/s1. The van der Waals surface area contributed by atoms with Gasteiger partial charge >= 0.3 is 5.97 Å². The lowest BCUT2D eigenvalue weighted by molar-refractivity contribution is 0.0694. The highest BCUT2D eigenvalue weighted by Crippen LogP contribution is 2.43. The van der Waals surface area contributed by atoms with Crippen LogP contribution in [0, 0.1) is 5.82 Å². The molecular weight excluding hydrogens is 365 g/mol. The zero-order valence-electron chi connectivity index (χ0n) is 15.4. The van der Waals surface area contributed by atoms with Crippen molar-refractivity contribution in [2.45, 2.75) is 19.4 Å². The maximum absolute atomic E-state index is 15.2. The molecule has 2 N–H and O–H groups in total. The van der Waals surface area contributed by atoms with E-state index in [4.69, 9.17) is 4.74 Å². The first-order valence-corrected chi connectivity index (χ1v) is 9.38. The Bertz CT molecular complexity index is 1100. The summed E-state index contributed by atoms with van der Waals surface area (Å²) >= 11 is 0. The molecule has 7 nitrogen and oxygen atoms in total. The van der Waals surface area contributed by atoms with Crippen LogP contribution >= 0.6 is 0 Å². The van der Waals surface area contributed by atoms with Gasteiger partial charge in [0.05, 0.1) is 16.9 Å². The van der Waals surface area contributed by atoms with E-state index in [0.717, 1.165) is 25.6 Å². The van der Waals surface area contributed by atoms with Crippen LogP contribution in [-0.4, -0.2) is 48.4 Å². The number of pyridine rings is 1. The van der Waals surface area contributed by atoms with E-state index in [2.05, 4.69) is 5.32 Å². The van der Waals surface area contributed by atoms with Gasteiger partial charge in [-0.1, -0.05) is 0 Å². The highest BCUT2D eigenvalue weighted by molar-refractivity contribution is 5.97. The third kappa shape index (κ3) is 2.37. The molecule has 3 aliphatic rings. The van der Waals surface area contributed by atoms with Crippen molar-refractivity contribution in [3.63, 3.8) is 0 Å². The first kappa shape index (κ1) is 17.2. The molecule has 4 heterocycles. The van der Waals surface area contributed by atoms with Crippen molar-refractivity contribution in [2.75, 3.05) is 37.7 Å². The Labute approximate surface area is 160 Å². The van der Waals surface area contributed by atoms with E-state index < -0.39 is 17.2 Å². The number of carboxylic acid groups (broad SMARTS) is 1. The van der Waals surface area contributed by atoms with E-state index in [1.165, 1.54) is 17.3 Å². The van der Waals surface area contributed by atoms with Crippen LogP contribution in [-0.2, 0) is 0 Å². The summed E-state index contributed by atoms with van der Waals surface area (Å²) in [5.41, 5.74) is 2.38. The number of aromatic nitrogens is 1. The van der Waals surface area contributed by atoms with Crippen molar-refractivity contribution in [1.82, 2.24) is 9.88 Å². The van der Waals surface area contributed by atoms with Gasteiger partial charge in [-0.15, -0.1) is 0 Å². The summed E-state index contributed by atoms with van der Waals surface area (Å²) in [6, 6.07) is 0.997. The molecule has 0 saturated carbocycles. The normalized spacial score (nSPS) is 21.1. The molecule has 0 aliphatic carbocycles. The predicted molar refractivity (Wildman–Crippen MR) is 102 cm³/mol. The van der Waals surface area contributed by atoms with Gasteiger partial charge in [-0.3, -0.25) is 4.79 Å². The summed E-state index contributed by atoms with van der Waals surface area (Å²) in [6.07, 6.45) is 2.30. The van der Waals surface area contributed by atoms with Gasteiger partial charge in [0.2, 0.25) is 5.43 Å². The van der Waals surface area contributed by atoms with Crippen molar-refractivity contribution < 1.29 is 19.0 Å². The lowest BCUT2D eigenvalue weighted by Crippen LogP contribution is -2.29. The quantitative estimate of drug-likeness (QED) is 0.769. The molecule has 1 atom stereocenters. The van der Waals surface area contributed by atoms with Crippen LogP contribution in [0.25, 0.3) is 10.9 Å². The van der Waals surface area contributed by atoms with Gasteiger partial charge in [0, 0.05) is 25.8 Å². The smallest absolute Gasteiger partial charge is 0.341 e. The molecule has 3 aliphatic heterocycles. The Morgan fingerprint density at radius 2 is 2.14 bits per heavy atom. The zero-order valence-corrected chi connectivity index (χ0v) is 15.4. The molecule has 0 radical (unpaired) electrons. The second kappa shape index (κ2) is 6.07. The van der Waals surface area contributed by atoms with Crippen LogP contribution < -0.4 is 20.4 Å². The van der Waals surface area contributed by atoms with Gasteiger partial charge in [-0.05, 0) is 37.1 Å². The Kier molecular flexibility index (Phi) is 3.74. The van der Waals surface area contributed by atoms with Gasteiger partial charge < -0.3 is 24.6 Å². The number of nitrogens with one attached hydrogen (secondary N) is 1. The second-order valence-corrected chi connectivity index (χ2v) is 7.67. The third-order valence-electron chi connectivity index (χ3n) is 5.89. The number of nitrogens with zero attached hydrogens (tertiary/aromatic N) is 2. The highest BCUT2D eigenvalue weighted by atomic mass is 19.1. The Morgan fingerprint density at radius 3 is 2.89 bits per heavy atom. The topological polar surface area (TPSA) is 83.8 Å². The predicted octanol–water partition coefficient (Wildman–Crippen LogP) is 1.90. The number of hydrogen-bond donors (Lipinski definition) is 2. The lowest BCUT2D eigenvalue weighted by atomic mass is 10.1. The molecule has 0 unspecified atom stereocenters. The third-order valence-corrected chi connectivity index (χ3v) is 5.89. The number of ether oxygens (including phenoxy) is 1. The summed E-state index contributed by atoms with van der Waals surface area (Å²) in [4.78, 5) is 26.1. The van der Waals surface area contributed by atoms with Crippen molar-refractivity contribution in [3.8, 4) is 5.75 Å². The highest BCUT2D eigenvalue weighted by Gasteiger charge is 2.33. The van der Waals surface area contributed by atoms with Crippen molar-refractivity contribution >= 4 is 22.6 Å². The first-order chi connectivity index (χ1) is 13.5. The van der Waals surface area contributed by atoms with E-state index in [1.54, 1.807) is 4.57 Å². The van der Waals surface area contributed by atoms with Gasteiger partial charge in [0.1, 0.15) is 17.9 Å². The Balaban J connectivity index is 1.73. The molecule has 5 rings (SSSR count). The minimum atomic E-state index is -1.32. The van der Waals surface area contributed by atoms with E-state index in [1.807, 2.05) is 11.8 Å². The molecule has 1 aromatic carbocycles. The van der Waals surface area contributed by atoms with Crippen LogP contribution in [0.4, 0.5) is 10.1 Å². The molecule has 0 spiro atoms. The lowest BCUT2D eigenvalue weighted by Gasteiger charge is -2.31. The fourth-order valence-corrected chi connectivity index (χ4v) is 4.47. The molecule has 0 saturated heterocycles. The Morgan fingerprint density at radius 1 is 1.36 bits per heavy atom. The Hall–Kier alpha value is -2.87. The van der Waals surface area contributed by atoms with Crippen LogP contribution in [0.15, 0.2) is 28.2 Å². The molecule has 0 fully saturated rings. The maximum atomic E-state index is 15.2. The van der Waals surface area contributed by atoms with Crippen LogP contribution in [0.5, 0.6) is 5.75 Å². The minimum Gasteiger partial charge on any atom is -0.487 e. The van der Waals surface area contributed by atoms with Crippen molar-refractivity contribution in [3.05, 3.63) is 45.0 Å². The van der Waals surface area contributed by atoms with Gasteiger partial charge in [0.15, 0.2) is 11.6 Å². The number of aromatic carboxylic acids is 1. The summed E-state index contributed by atoms with van der Waals surface area (Å²) in [7, 11) is 0. The number of carbonyl (C=O) groups is 1. The molecule has 0 bridgehead atoms. The summed E-state index contributed by atoms with van der Waals surface area (Å²) in [5.74, 6) is -1.55. The zero-order chi connectivity index (χ0) is 19.6. The molecule has 2 aromatic rings. The van der Waals surface area contributed by atoms with Crippen molar-refractivity contribution in [2.24, 2.45) is 0 Å². The molecular formula is C20H20FN3O4. The van der Waals surface area contributed by atoms with Gasteiger partial charge in [0.25, 0.3) is 0 Å². The number of carboxylic acids is 1. The average Bonchev–Trinajstić information content (AvgIpc) is 3.09. The molecule has 28 heavy (non-hydrogen) atoms. The summed E-state index contributed by atoms with van der Waals surface area (Å²) < 4.78 is 22.9. The number of halogens is 1. The summed E-state index contributed by atoms with van der Waals surface area (Å²) in [5, 5.41) is 12.8. The van der Waals surface area contributed by atoms with E-state index >= 15 is 4.39 Å². The number of anilines is 1. The average molecular weight is 385 g/mol. The van der Waals surface area contributed by atoms with E-state index in [-0.39, 0.29) is 23.6 Å². The fourth-order valence-electron chi connectivity index (χ4n) is 4.47. The number of benzene rings is 1. The second-order valence-electron chi connectivity index (χ2n) is 7.67. The number of rotatable bonds is 2. The minimum absolute atomic E-state index is 0.0429. The van der Waals surface area contributed by atoms with Crippen LogP contribution in [0.3, 0.4) is 0 Å². The monoisotopic (exact) mass is 385 g/mol. The molecule has 8 heteroatoms. The van der Waals surface area contributed by atoms with E-state index in [9.17, 15) is 14.7 Å². The molecule has 1 aromatic heterocycles. The van der Waals surface area contributed by atoms with Crippen LogP contribution in [0.2, 0.25) is 0 Å². The molecule has 0 amide bonds. The van der Waals surface area contributed by atoms with Crippen molar-refractivity contribution in [1.29, 1.82) is 0 Å². The number of hydrogen-bond acceptors (Lipinski definition) is 5. The fraction of sp³-hybridized carbons (Fsp3) is 0.400. The van der Waals surface area contributed by atoms with Gasteiger partial charge in [-0.25, -0.2) is 9.18 Å².